The summed E-state index contributed by atoms with van der Waals surface area (Å²) in [5.74, 6) is 0.160. The van der Waals surface area contributed by atoms with Gasteiger partial charge in [0, 0.05) is 32.7 Å². The molecule has 12 nitrogen and oxygen atoms in total. The van der Waals surface area contributed by atoms with Crippen molar-refractivity contribution in [3.8, 4) is 0 Å². The second kappa shape index (κ2) is 10.2. The van der Waals surface area contributed by atoms with Gasteiger partial charge < -0.3 is 24.4 Å². The van der Waals surface area contributed by atoms with Crippen molar-refractivity contribution in [2.24, 2.45) is 7.05 Å². The summed E-state index contributed by atoms with van der Waals surface area (Å²) in [7, 11) is -0.573. The van der Waals surface area contributed by atoms with Gasteiger partial charge in [0.1, 0.15) is 17.1 Å². The van der Waals surface area contributed by atoms with E-state index in [1.807, 2.05) is 6.07 Å². The quantitative estimate of drug-likeness (QED) is 0.534. The molecule has 13 heteroatoms. The Morgan fingerprint density at radius 2 is 1.97 bits per heavy atom. The number of aryl methyl sites for hydroxylation is 1. The third-order valence-corrected chi connectivity index (χ3v) is 6.23. The zero-order valence-corrected chi connectivity index (χ0v) is 21.3. The normalized spacial score (nSPS) is 19.1. The lowest BCUT2D eigenvalue weighted by atomic mass is 9.86. The molecule has 0 saturated carbocycles. The molecule has 4 heterocycles. The van der Waals surface area contributed by atoms with E-state index in [1.54, 1.807) is 33.0 Å². The maximum Gasteiger partial charge on any atom is 0.510 e. The first-order valence-corrected chi connectivity index (χ1v) is 12.0. The van der Waals surface area contributed by atoms with Crippen LogP contribution in [0.1, 0.15) is 27.7 Å². The number of carbonyl (C=O) groups excluding carboxylic acids is 1. The summed E-state index contributed by atoms with van der Waals surface area (Å²) in [6.07, 6.45) is 0.841. The number of carbonyl (C=O) groups is 1. The number of amides is 1. The number of anilines is 3. The maximum atomic E-state index is 13.2. The van der Waals surface area contributed by atoms with Crippen molar-refractivity contribution in [1.29, 1.82) is 0 Å². The van der Waals surface area contributed by atoms with Crippen molar-refractivity contribution in [2.75, 3.05) is 42.6 Å². The summed E-state index contributed by atoms with van der Waals surface area (Å²) in [6.45, 7) is 11.5. The fourth-order valence-electron chi connectivity index (χ4n) is 4.34. The molecule has 1 atom stereocenters. The Labute approximate surface area is 210 Å². The van der Waals surface area contributed by atoms with Gasteiger partial charge in [-0.3, -0.25) is 9.69 Å². The molecular weight excluding hydrogens is 467 g/mol. The minimum absolute atomic E-state index is 0.158. The van der Waals surface area contributed by atoms with Crippen molar-refractivity contribution in [3.05, 3.63) is 34.7 Å². The van der Waals surface area contributed by atoms with Gasteiger partial charge in [-0.15, -0.1) is 0 Å². The molecule has 2 N–H and O–H groups in total. The molecule has 36 heavy (non-hydrogen) atoms. The molecular formula is C23H33BN6O6. The Balaban J connectivity index is 1.65. The molecule has 4 rings (SSSR count). The highest BCUT2D eigenvalue weighted by Crippen LogP contribution is 2.27. The number of nitrogens with zero attached hydrogens (tertiary/aromatic N) is 6. The molecule has 2 aromatic heterocycles. The van der Waals surface area contributed by atoms with E-state index in [0.717, 1.165) is 54.2 Å². The summed E-state index contributed by atoms with van der Waals surface area (Å²) in [5, 5.41) is 23.1. The smallest absolute Gasteiger partial charge is 0.443 e. The standard InChI is InChI=1S/C23H33BN6O6/c1-15-12-28(17-13-35-14-17)8-9-29(15)16-6-7-20(25-11-16)30(22(32)36-23(2,3)4)18-10-19(24(33)34)26-27(5)21(18)31/h6-7,10-11,15,17,33-34H,8-9,12-14H2,1-5H3/t15-/m0/s1. The Morgan fingerprint density at radius 3 is 2.50 bits per heavy atom. The summed E-state index contributed by atoms with van der Waals surface area (Å²) in [4.78, 5) is 36.4. The van der Waals surface area contributed by atoms with Crippen LogP contribution in [0.3, 0.4) is 0 Å². The van der Waals surface area contributed by atoms with Gasteiger partial charge in [-0.05, 0) is 45.9 Å². The number of pyridine rings is 1. The average molecular weight is 500 g/mol. The second-order valence-electron chi connectivity index (χ2n) is 10.2. The van der Waals surface area contributed by atoms with Gasteiger partial charge in [-0.25, -0.2) is 19.4 Å². The van der Waals surface area contributed by atoms with Crippen molar-refractivity contribution in [2.45, 2.75) is 45.4 Å². The monoisotopic (exact) mass is 500 g/mol. The van der Waals surface area contributed by atoms with Crippen LogP contribution in [-0.2, 0) is 16.5 Å². The van der Waals surface area contributed by atoms with Crippen LogP contribution in [0.5, 0.6) is 0 Å². The highest BCUT2D eigenvalue weighted by Gasteiger charge is 2.33. The fraction of sp³-hybridized carbons (Fsp3) is 0.565. The van der Waals surface area contributed by atoms with Crippen LogP contribution in [0.25, 0.3) is 0 Å². The largest absolute Gasteiger partial charge is 0.510 e. The number of ether oxygens (including phenoxy) is 2. The summed E-state index contributed by atoms with van der Waals surface area (Å²) >= 11 is 0. The molecule has 2 fully saturated rings. The van der Waals surface area contributed by atoms with Crippen molar-refractivity contribution >= 4 is 36.0 Å². The predicted molar refractivity (Wildman–Crippen MR) is 135 cm³/mol. The summed E-state index contributed by atoms with van der Waals surface area (Å²) in [5.41, 5.74) is -0.918. The molecule has 2 aliphatic rings. The molecule has 0 aromatic carbocycles. The number of piperazine rings is 1. The van der Waals surface area contributed by atoms with E-state index in [2.05, 4.69) is 26.8 Å². The van der Waals surface area contributed by atoms with E-state index in [1.165, 1.54) is 7.05 Å². The van der Waals surface area contributed by atoms with Crippen molar-refractivity contribution < 1.29 is 24.3 Å². The Kier molecular flexibility index (Phi) is 7.37. The SMILES string of the molecule is C[C@H]1CN(C2COC2)CCN1c1ccc(N(C(=O)OC(C)(C)C)c2cc(B(O)O)nn(C)c2=O)nc1. The topological polar surface area (TPSA) is 133 Å². The zero-order valence-electron chi connectivity index (χ0n) is 21.3. The number of rotatable bonds is 5. The van der Waals surface area contributed by atoms with Crippen LogP contribution in [0.2, 0.25) is 0 Å². The number of hydrogen-bond acceptors (Lipinski definition) is 10. The first-order chi connectivity index (χ1) is 16.9. The third kappa shape index (κ3) is 5.54. The van der Waals surface area contributed by atoms with E-state index < -0.39 is 24.4 Å². The van der Waals surface area contributed by atoms with Crippen molar-refractivity contribution in [1.82, 2.24) is 19.7 Å². The van der Waals surface area contributed by atoms with Gasteiger partial charge in [0.2, 0.25) is 0 Å². The fourth-order valence-corrected chi connectivity index (χ4v) is 4.34. The van der Waals surface area contributed by atoms with Crippen LogP contribution < -0.4 is 21.0 Å². The van der Waals surface area contributed by atoms with Gasteiger partial charge in [0.05, 0.1) is 36.7 Å². The molecule has 0 spiro atoms. The van der Waals surface area contributed by atoms with Gasteiger partial charge in [-0.1, -0.05) is 0 Å². The molecule has 2 saturated heterocycles. The molecule has 2 aromatic rings. The molecule has 194 valence electrons. The second-order valence-corrected chi connectivity index (χ2v) is 10.2. The molecule has 0 unspecified atom stereocenters. The molecule has 1 amide bonds. The van der Waals surface area contributed by atoms with Crippen LogP contribution in [0.4, 0.5) is 22.0 Å². The predicted octanol–water partition coefficient (Wildman–Crippen LogP) is -0.162. The lowest BCUT2D eigenvalue weighted by molar-refractivity contribution is -0.0691. The minimum atomic E-state index is -1.93. The number of aromatic nitrogens is 3. The van der Waals surface area contributed by atoms with Gasteiger partial charge in [-0.2, -0.15) is 5.10 Å². The molecule has 0 bridgehead atoms. The van der Waals surface area contributed by atoms with Crippen LogP contribution >= 0.6 is 0 Å². The summed E-state index contributed by atoms with van der Waals surface area (Å²) < 4.78 is 11.8. The highest BCUT2D eigenvalue weighted by atomic mass is 16.6. The van der Waals surface area contributed by atoms with Crippen LogP contribution in [-0.4, -0.2) is 93.5 Å². The highest BCUT2D eigenvalue weighted by molar-refractivity contribution is 6.57. The number of hydrogen-bond donors (Lipinski definition) is 2. The minimum Gasteiger partial charge on any atom is -0.443 e. The average Bonchev–Trinajstić information content (AvgIpc) is 2.75. The van der Waals surface area contributed by atoms with Gasteiger partial charge in [0.25, 0.3) is 5.56 Å². The molecule has 0 aliphatic carbocycles. The van der Waals surface area contributed by atoms with E-state index in [0.29, 0.717) is 6.04 Å². The van der Waals surface area contributed by atoms with Crippen molar-refractivity contribution in [3.63, 3.8) is 0 Å². The van der Waals surface area contributed by atoms with Gasteiger partial charge in [0.15, 0.2) is 0 Å². The van der Waals surface area contributed by atoms with Crippen LogP contribution in [0.15, 0.2) is 29.2 Å². The zero-order chi connectivity index (χ0) is 26.2. The summed E-state index contributed by atoms with van der Waals surface area (Å²) in [6, 6.07) is 5.40. The Hall–Kier alpha value is -3.00. The maximum absolute atomic E-state index is 13.2. The molecule has 0 radical (unpaired) electrons. The third-order valence-electron chi connectivity index (χ3n) is 6.23. The van der Waals surface area contributed by atoms with Crippen LogP contribution in [0, 0.1) is 0 Å². The van der Waals surface area contributed by atoms with E-state index in [9.17, 15) is 19.6 Å². The Bertz CT molecular complexity index is 1150. The van der Waals surface area contributed by atoms with E-state index >= 15 is 0 Å². The molecule has 2 aliphatic heterocycles. The first kappa shape index (κ1) is 26.1. The van der Waals surface area contributed by atoms with E-state index in [4.69, 9.17) is 9.47 Å². The first-order valence-electron chi connectivity index (χ1n) is 12.0. The lowest BCUT2D eigenvalue weighted by Crippen LogP contribution is -2.59. The van der Waals surface area contributed by atoms with Gasteiger partial charge >= 0.3 is 13.2 Å². The Morgan fingerprint density at radius 1 is 1.25 bits per heavy atom. The van der Waals surface area contributed by atoms with E-state index in [-0.39, 0.29) is 23.1 Å². The lowest BCUT2D eigenvalue weighted by Gasteiger charge is -2.46.